The maximum absolute atomic E-state index is 12.2. The molecule has 0 aliphatic carbocycles. The first kappa shape index (κ1) is 15.2. The Kier molecular flexibility index (Phi) is 5.10. The monoisotopic (exact) mass is 294 g/mol. The minimum absolute atomic E-state index is 0.00345. The molecule has 1 amide bonds. The van der Waals surface area contributed by atoms with E-state index in [9.17, 15) is 14.4 Å². The number of piperidine rings is 1. The van der Waals surface area contributed by atoms with Crippen LogP contribution in [0.4, 0.5) is 0 Å². The molecule has 0 bridgehead atoms. The summed E-state index contributed by atoms with van der Waals surface area (Å²) in [5.74, 6) is -0.990. The van der Waals surface area contributed by atoms with E-state index in [1.54, 1.807) is 4.90 Å². The number of amides is 1. The summed E-state index contributed by atoms with van der Waals surface area (Å²) >= 11 is 0. The topological polar surface area (TPSA) is 99.7 Å². The zero-order valence-electron chi connectivity index (χ0n) is 11.6. The van der Waals surface area contributed by atoms with Gasteiger partial charge in [-0.3, -0.25) is 14.4 Å². The van der Waals surface area contributed by atoms with Crippen LogP contribution in [0.15, 0.2) is 23.1 Å². The molecule has 0 saturated carbocycles. The van der Waals surface area contributed by atoms with Crippen LogP contribution in [0.2, 0.25) is 0 Å². The molecule has 7 heteroatoms. The minimum atomic E-state index is -0.874. The Bertz CT molecular complexity index is 540. The van der Waals surface area contributed by atoms with E-state index in [2.05, 4.69) is 4.98 Å². The van der Waals surface area contributed by atoms with Gasteiger partial charge in [0.25, 0.3) is 5.91 Å². The molecule has 1 fully saturated rings. The van der Waals surface area contributed by atoms with Crippen molar-refractivity contribution in [3.63, 3.8) is 0 Å². The Labute approximate surface area is 121 Å². The predicted molar refractivity (Wildman–Crippen MR) is 74.2 cm³/mol. The van der Waals surface area contributed by atoms with Crippen LogP contribution in [0.25, 0.3) is 0 Å². The lowest BCUT2D eigenvalue weighted by Crippen LogP contribution is -2.41. The number of carbonyl (C=O) groups is 2. The van der Waals surface area contributed by atoms with E-state index in [1.165, 1.54) is 18.3 Å². The van der Waals surface area contributed by atoms with Gasteiger partial charge < -0.3 is 19.7 Å². The van der Waals surface area contributed by atoms with Crippen molar-refractivity contribution in [3.05, 3.63) is 34.2 Å². The molecule has 2 heterocycles. The summed E-state index contributed by atoms with van der Waals surface area (Å²) in [6.07, 6.45) is 2.80. The summed E-state index contributed by atoms with van der Waals surface area (Å²) in [6, 6.07) is 2.84. The third kappa shape index (κ3) is 4.42. The maximum atomic E-state index is 12.2. The lowest BCUT2D eigenvalue weighted by atomic mass is 10.1. The van der Waals surface area contributed by atoms with Gasteiger partial charge in [0, 0.05) is 25.4 Å². The highest BCUT2D eigenvalue weighted by Gasteiger charge is 2.24. The van der Waals surface area contributed by atoms with Crippen LogP contribution < -0.4 is 5.56 Å². The number of hydrogen-bond donors (Lipinski definition) is 2. The van der Waals surface area contributed by atoms with Crippen molar-refractivity contribution in [2.75, 3.05) is 19.7 Å². The Morgan fingerprint density at radius 2 is 2.05 bits per heavy atom. The Balaban J connectivity index is 1.80. The molecule has 0 aromatic carbocycles. The Morgan fingerprint density at radius 3 is 2.62 bits per heavy atom. The summed E-state index contributed by atoms with van der Waals surface area (Å²) in [5.41, 5.74) is 0.219. The first-order valence-electron chi connectivity index (χ1n) is 6.87. The standard InChI is InChI=1S/C14H18N2O5/c17-12-2-1-10(9-15-12)14(20)16-6-3-11(4-7-16)21-8-5-13(18)19/h1-2,9,11H,3-8H2,(H,15,17)(H,18,19). The number of H-pyrrole nitrogens is 1. The summed E-state index contributed by atoms with van der Waals surface area (Å²) < 4.78 is 5.48. The number of ether oxygens (including phenoxy) is 1. The molecule has 2 N–H and O–H groups in total. The molecule has 1 aliphatic heterocycles. The van der Waals surface area contributed by atoms with Crippen LogP contribution in [-0.4, -0.2) is 52.7 Å². The number of hydrogen-bond acceptors (Lipinski definition) is 4. The molecule has 2 rings (SSSR count). The molecule has 1 aromatic heterocycles. The van der Waals surface area contributed by atoms with Crippen LogP contribution in [0.3, 0.4) is 0 Å². The summed E-state index contributed by atoms with van der Waals surface area (Å²) in [7, 11) is 0. The van der Waals surface area contributed by atoms with Crippen molar-refractivity contribution >= 4 is 11.9 Å². The van der Waals surface area contributed by atoms with Crippen molar-refractivity contribution in [1.29, 1.82) is 0 Å². The number of aliphatic carboxylic acids is 1. The van der Waals surface area contributed by atoms with Crippen LogP contribution in [0.5, 0.6) is 0 Å². The second-order valence-corrected chi connectivity index (χ2v) is 4.95. The average molecular weight is 294 g/mol. The number of likely N-dealkylation sites (tertiary alicyclic amines) is 1. The number of carbonyl (C=O) groups excluding carboxylic acids is 1. The van der Waals surface area contributed by atoms with Crippen LogP contribution in [0.1, 0.15) is 29.6 Å². The number of nitrogens with zero attached hydrogens (tertiary/aromatic N) is 1. The zero-order valence-corrected chi connectivity index (χ0v) is 11.6. The number of nitrogens with one attached hydrogen (secondary N) is 1. The van der Waals surface area contributed by atoms with Gasteiger partial charge in [-0.25, -0.2) is 0 Å². The van der Waals surface area contributed by atoms with Gasteiger partial charge in [-0.15, -0.1) is 0 Å². The van der Waals surface area contributed by atoms with Gasteiger partial charge in [0.05, 0.1) is 24.7 Å². The summed E-state index contributed by atoms with van der Waals surface area (Å²) in [5, 5.41) is 8.55. The molecule has 114 valence electrons. The van der Waals surface area contributed by atoms with E-state index in [1.807, 2.05) is 0 Å². The van der Waals surface area contributed by atoms with Crippen molar-refractivity contribution < 1.29 is 19.4 Å². The van der Waals surface area contributed by atoms with Crippen LogP contribution in [0, 0.1) is 0 Å². The van der Waals surface area contributed by atoms with Crippen molar-refractivity contribution in [2.45, 2.75) is 25.4 Å². The second kappa shape index (κ2) is 7.03. The molecular weight excluding hydrogens is 276 g/mol. The normalized spacial score (nSPS) is 15.9. The first-order chi connectivity index (χ1) is 10.1. The summed E-state index contributed by atoms with van der Waals surface area (Å²) in [4.78, 5) is 37.8. The van der Waals surface area contributed by atoms with Gasteiger partial charge in [0.15, 0.2) is 0 Å². The fraction of sp³-hybridized carbons (Fsp3) is 0.500. The molecule has 1 aliphatic rings. The molecule has 0 atom stereocenters. The van der Waals surface area contributed by atoms with E-state index in [-0.39, 0.29) is 30.6 Å². The maximum Gasteiger partial charge on any atom is 0.305 e. The molecule has 21 heavy (non-hydrogen) atoms. The Morgan fingerprint density at radius 1 is 1.33 bits per heavy atom. The number of carboxylic acids is 1. The van der Waals surface area contributed by atoms with E-state index < -0.39 is 5.97 Å². The van der Waals surface area contributed by atoms with Gasteiger partial charge in [0.2, 0.25) is 5.56 Å². The number of aromatic nitrogens is 1. The first-order valence-corrected chi connectivity index (χ1v) is 6.87. The van der Waals surface area contributed by atoms with Crippen molar-refractivity contribution in [2.24, 2.45) is 0 Å². The van der Waals surface area contributed by atoms with Crippen LogP contribution in [-0.2, 0) is 9.53 Å². The predicted octanol–water partition coefficient (Wildman–Crippen LogP) is 0.471. The molecule has 1 aromatic rings. The largest absolute Gasteiger partial charge is 0.481 e. The zero-order chi connectivity index (χ0) is 15.2. The third-order valence-electron chi connectivity index (χ3n) is 3.43. The van der Waals surface area contributed by atoms with Gasteiger partial charge >= 0.3 is 5.97 Å². The number of pyridine rings is 1. The van der Waals surface area contributed by atoms with Gasteiger partial charge in [0.1, 0.15) is 0 Å². The molecular formula is C14H18N2O5. The van der Waals surface area contributed by atoms with Crippen molar-refractivity contribution in [3.8, 4) is 0 Å². The van der Waals surface area contributed by atoms with E-state index in [4.69, 9.17) is 9.84 Å². The van der Waals surface area contributed by atoms with Crippen LogP contribution >= 0.6 is 0 Å². The summed E-state index contributed by atoms with van der Waals surface area (Å²) in [6.45, 7) is 1.33. The lowest BCUT2D eigenvalue weighted by molar-refractivity contribution is -0.138. The number of carboxylic acid groups (broad SMARTS) is 1. The second-order valence-electron chi connectivity index (χ2n) is 4.95. The third-order valence-corrected chi connectivity index (χ3v) is 3.43. The highest BCUT2D eigenvalue weighted by molar-refractivity contribution is 5.93. The number of aromatic amines is 1. The van der Waals surface area contributed by atoms with Crippen molar-refractivity contribution in [1.82, 2.24) is 9.88 Å². The Hall–Kier alpha value is -2.15. The molecule has 7 nitrogen and oxygen atoms in total. The smallest absolute Gasteiger partial charge is 0.305 e. The van der Waals surface area contributed by atoms with Gasteiger partial charge in [-0.2, -0.15) is 0 Å². The van der Waals surface area contributed by atoms with E-state index >= 15 is 0 Å². The quantitative estimate of drug-likeness (QED) is 0.822. The number of rotatable bonds is 5. The highest BCUT2D eigenvalue weighted by atomic mass is 16.5. The fourth-order valence-corrected chi connectivity index (χ4v) is 2.26. The van der Waals surface area contributed by atoms with E-state index in [0.29, 0.717) is 31.5 Å². The molecule has 0 radical (unpaired) electrons. The SMILES string of the molecule is O=C(O)CCOC1CCN(C(=O)c2ccc(=O)[nH]c2)CC1. The van der Waals surface area contributed by atoms with E-state index in [0.717, 1.165) is 0 Å². The van der Waals surface area contributed by atoms with Gasteiger partial charge in [-0.05, 0) is 18.9 Å². The average Bonchev–Trinajstić information content (AvgIpc) is 2.48. The lowest BCUT2D eigenvalue weighted by Gasteiger charge is -2.31. The highest BCUT2D eigenvalue weighted by Crippen LogP contribution is 2.16. The molecule has 1 saturated heterocycles. The minimum Gasteiger partial charge on any atom is -0.481 e. The molecule has 0 spiro atoms. The van der Waals surface area contributed by atoms with Gasteiger partial charge in [-0.1, -0.05) is 0 Å². The fourth-order valence-electron chi connectivity index (χ4n) is 2.26. The molecule has 0 unspecified atom stereocenters.